The Morgan fingerprint density at radius 2 is 1.84 bits per heavy atom. The molecule has 2 unspecified atom stereocenters. The van der Waals surface area contributed by atoms with E-state index in [0.29, 0.717) is 51.2 Å². The fourth-order valence-corrected chi connectivity index (χ4v) is 9.56. The van der Waals surface area contributed by atoms with Gasteiger partial charge in [0.15, 0.2) is 0 Å². The van der Waals surface area contributed by atoms with Crippen molar-refractivity contribution in [1.82, 2.24) is 30.0 Å². The number of H-pyrrole nitrogens is 1. The van der Waals surface area contributed by atoms with E-state index in [1.54, 1.807) is 0 Å². The third-order valence-electron chi connectivity index (χ3n) is 10.9. The lowest BCUT2D eigenvalue weighted by Crippen LogP contribution is -2.73. The molecule has 0 radical (unpaired) electrons. The van der Waals surface area contributed by atoms with Gasteiger partial charge in [0.05, 0.1) is 12.2 Å². The van der Waals surface area contributed by atoms with Gasteiger partial charge in [0.2, 0.25) is 21.8 Å². The van der Waals surface area contributed by atoms with Crippen molar-refractivity contribution in [2.75, 3.05) is 19.6 Å². The largest absolute Gasteiger partial charge is 0.342 e. The van der Waals surface area contributed by atoms with E-state index in [4.69, 9.17) is 0 Å². The van der Waals surface area contributed by atoms with E-state index in [-0.39, 0.29) is 23.9 Å². The molecule has 5 rings (SSSR count). The Hall–Kier alpha value is -2.50. The van der Waals surface area contributed by atoms with Crippen molar-refractivity contribution in [3.63, 3.8) is 0 Å². The molecular formula is C34H54N6O4S. The summed E-state index contributed by atoms with van der Waals surface area (Å²) in [5.74, 6) is 0.328. The SMILES string of the molecule is CCCCN1C(=O)[C@H](CC(C)C)NC(=O)C12CCN(C(C1=CCC(C)(S(=O)(=O)NC3CCCCC3)C(C)=C1)c1cn[nH]c1)CC2. The van der Waals surface area contributed by atoms with Crippen LogP contribution in [0.15, 0.2) is 35.7 Å². The van der Waals surface area contributed by atoms with Crippen LogP contribution in [0.2, 0.25) is 0 Å². The zero-order valence-electron chi connectivity index (χ0n) is 27.9. The van der Waals surface area contributed by atoms with Crippen molar-refractivity contribution >= 4 is 21.8 Å². The predicted octanol–water partition coefficient (Wildman–Crippen LogP) is 4.75. The van der Waals surface area contributed by atoms with Gasteiger partial charge in [-0.05, 0) is 70.3 Å². The minimum absolute atomic E-state index is 0.0134. The summed E-state index contributed by atoms with van der Waals surface area (Å²) in [6, 6.07) is -0.593. The van der Waals surface area contributed by atoms with Crippen LogP contribution in [0, 0.1) is 5.92 Å². The Morgan fingerprint density at radius 1 is 1.13 bits per heavy atom. The number of piperazine rings is 1. The third-order valence-corrected chi connectivity index (χ3v) is 13.2. The number of carbonyl (C=O) groups excluding carboxylic acids is 2. The van der Waals surface area contributed by atoms with Gasteiger partial charge in [-0.15, -0.1) is 0 Å². The van der Waals surface area contributed by atoms with Gasteiger partial charge >= 0.3 is 0 Å². The highest BCUT2D eigenvalue weighted by atomic mass is 32.2. The summed E-state index contributed by atoms with van der Waals surface area (Å²) in [4.78, 5) is 31.8. The Balaban J connectivity index is 1.36. The Kier molecular flexibility index (Phi) is 10.3. The summed E-state index contributed by atoms with van der Waals surface area (Å²) in [5, 5.41) is 10.3. The molecule has 1 saturated carbocycles. The molecule has 2 aliphatic carbocycles. The van der Waals surface area contributed by atoms with E-state index in [0.717, 1.165) is 55.2 Å². The number of nitrogens with zero attached hydrogens (tertiary/aromatic N) is 3. The molecule has 3 heterocycles. The summed E-state index contributed by atoms with van der Waals surface area (Å²) in [5.41, 5.74) is 2.02. The number of sulfonamides is 1. The molecule has 0 aromatic carbocycles. The van der Waals surface area contributed by atoms with Gasteiger partial charge in [-0.2, -0.15) is 5.10 Å². The number of hydrogen-bond acceptors (Lipinski definition) is 6. The Morgan fingerprint density at radius 3 is 2.44 bits per heavy atom. The lowest BCUT2D eigenvalue weighted by atomic mass is 9.79. The molecule has 2 saturated heterocycles. The zero-order chi connectivity index (χ0) is 32.4. The van der Waals surface area contributed by atoms with Crippen molar-refractivity contribution < 1.29 is 18.0 Å². The van der Waals surface area contributed by atoms with Crippen molar-refractivity contribution in [2.45, 2.75) is 134 Å². The second-order valence-corrected chi connectivity index (χ2v) is 16.6. The maximum atomic E-state index is 13.8. The quantitative estimate of drug-likeness (QED) is 0.320. The van der Waals surface area contributed by atoms with Gasteiger partial charge < -0.3 is 10.2 Å². The summed E-state index contributed by atoms with van der Waals surface area (Å²) in [6.45, 7) is 11.9. The number of allylic oxidation sites excluding steroid dienone is 1. The molecule has 10 nitrogen and oxygen atoms in total. The van der Waals surface area contributed by atoms with Crippen LogP contribution < -0.4 is 10.0 Å². The summed E-state index contributed by atoms with van der Waals surface area (Å²) >= 11 is 0. The first-order valence-corrected chi connectivity index (χ1v) is 18.7. The fraction of sp³-hybridized carbons (Fsp3) is 0.735. The summed E-state index contributed by atoms with van der Waals surface area (Å²) in [7, 11) is -3.59. The van der Waals surface area contributed by atoms with Crippen LogP contribution in [-0.2, 0) is 19.6 Å². The fourth-order valence-electron chi connectivity index (χ4n) is 7.84. The topological polar surface area (TPSA) is 128 Å². The van der Waals surface area contributed by atoms with E-state index in [9.17, 15) is 18.0 Å². The number of rotatable bonds is 11. The van der Waals surface area contributed by atoms with Crippen LogP contribution in [0.4, 0.5) is 0 Å². The Labute approximate surface area is 269 Å². The average molecular weight is 643 g/mol. The molecule has 2 aliphatic heterocycles. The van der Waals surface area contributed by atoms with E-state index in [2.05, 4.69) is 52.0 Å². The maximum absolute atomic E-state index is 13.8. The second kappa shape index (κ2) is 13.7. The number of likely N-dealkylation sites (tertiary alicyclic amines) is 1. The number of aromatic amines is 1. The minimum atomic E-state index is -3.59. The zero-order valence-corrected chi connectivity index (χ0v) is 28.7. The van der Waals surface area contributed by atoms with Gasteiger partial charge in [-0.1, -0.05) is 64.2 Å². The molecule has 250 valence electrons. The van der Waals surface area contributed by atoms with Crippen molar-refractivity contribution in [3.8, 4) is 0 Å². The molecular weight excluding hydrogens is 588 g/mol. The third kappa shape index (κ3) is 6.67. The first-order valence-electron chi connectivity index (χ1n) is 17.2. The number of carbonyl (C=O) groups is 2. The summed E-state index contributed by atoms with van der Waals surface area (Å²) in [6.07, 6.45) is 16.9. The number of hydrogen-bond donors (Lipinski definition) is 3. The molecule has 1 aromatic heterocycles. The van der Waals surface area contributed by atoms with Crippen LogP contribution in [0.25, 0.3) is 0 Å². The van der Waals surface area contributed by atoms with Gasteiger partial charge in [0, 0.05) is 37.4 Å². The molecule has 3 N–H and O–H groups in total. The van der Waals surface area contributed by atoms with E-state index in [1.807, 2.05) is 37.2 Å². The van der Waals surface area contributed by atoms with E-state index >= 15 is 0 Å². The summed E-state index contributed by atoms with van der Waals surface area (Å²) < 4.78 is 29.5. The first-order chi connectivity index (χ1) is 21.4. The van der Waals surface area contributed by atoms with Crippen LogP contribution in [0.5, 0.6) is 0 Å². The van der Waals surface area contributed by atoms with Crippen LogP contribution in [0.3, 0.4) is 0 Å². The molecule has 1 aromatic rings. The number of nitrogens with one attached hydrogen (secondary N) is 3. The highest BCUT2D eigenvalue weighted by molar-refractivity contribution is 7.91. The highest BCUT2D eigenvalue weighted by Gasteiger charge is 2.54. The molecule has 11 heteroatoms. The molecule has 3 fully saturated rings. The van der Waals surface area contributed by atoms with Crippen molar-refractivity contribution in [2.24, 2.45) is 5.92 Å². The molecule has 0 bridgehead atoms. The maximum Gasteiger partial charge on any atom is 0.246 e. The number of aromatic nitrogens is 2. The van der Waals surface area contributed by atoms with Gasteiger partial charge in [-0.3, -0.25) is 19.6 Å². The van der Waals surface area contributed by atoms with Gasteiger partial charge in [0.25, 0.3) is 0 Å². The molecule has 1 spiro atoms. The lowest BCUT2D eigenvalue weighted by Gasteiger charge is -2.53. The predicted molar refractivity (Wildman–Crippen MR) is 177 cm³/mol. The monoisotopic (exact) mass is 642 g/mol. The van der Waals surface area contributed by atoms with Gasteiger partial charge in [-0.25, -0.2) is 13.1 Å². The van der Waals surface area contributed by atoms with E-state index in [1.165, 1.54) is 6.42 Å². The number of piperidine rings is 1. The van der Waals surface area contributed by atoms with Crippen LogP contribution in [0.1, 0.15) is 117 Å². The normalized spacial score (nSPS) is 27.4. The molecule has 2 amide bonds. The second-order valence-electron chi connectivity index (χ2n) is 14.4. The van der Waals surface area contributed by atoms with Crippen LogP contribution in [-0.4, -0.2) is 82.2 Å². The van der Waals surface area contributed by atoms with Crippen LogP contribution >= 0.6 is 0 Å². The first kappa shape index (κ1) is 33.9. The van der Waals surface area contributed by atoms with Crippen molar-refractivity contribution in [3.05, 3.63) is 41.3 Å². The minimum Gasteiger partial charge on any atom is -0.342 e. The van der Waals surface area contributed by atoms with Gasteiger partial charge in [0.1, 0.15) is 16.3 Å². The average Bonchev–Trinajstić information content (AvgIpc) is 3.53. The van der Waals surface area contributed by atoms with E-state index < -0.39 is 26.4 Å². The standard InChI is InChI=1S/C34H54N6O4S/c1-6-7-17-40-31(41)29(20-24(2)3)37-32(42)34(40)15-18-39(19-16-34)30(27-22-35-36-23-27)26-13-14-33(5,25(4)21-26)45(43,44)38-28-11-9-8-10-12-28/h13,21-24,28-30,38H,6-12,14-20H2,1-5H3,(H,35,36)(H,37,42)/t29-,30?,33?/m0/s1. The molecule has 3 atom stereocenters. The number of unbranched alkanes of at least 4 members (excludes halogenated alkanes) is 1. The highest BCUT2D eigenvalue weighted by Crippen LogP contribution is 2.43. The van der Waals surface area contributed by atoms with Crippen molar-refractivity contribution in [1.29, 1.82) is 0 Å². The Bertz CT molecular complexity index is 1370. The smallest absolute Gasteiger partial charge is 0.246 e. The lowest BCUT2D eigenvalue weighted by molar-refractivity contribution is -0.162. The number of amides is 2. The molecule has 45 heavy (non-hydrogen) atoms. The molecule has 4 aliphatic rings.